The van der Waals surface area contributed by atoms with Crippen molar-refractivity contribution >= 4 is 22.8 Å². The number of para-hydroxylation sites is 1. The number of amides is 1. The van der Waals surface area contributed by atoms with Gasteiger partial charge in [-0.25, -0.2) is 4.79 Å². The number of fused-ring (bicyclic) bond motifs is 1. The van der Waals surface area contributed by atoms with Crippen molar-refractivity contribution in [1.29, 1.82) is 0 Å². The van der Waals surface area contributed by atoms with Gasteiger partial charge in [0.2, 0.25) is 0 Å². The molecular weight excluding hydrogens is 376 g/mol. The van der Waals surface area contributed by atoms with E-state index >= 15 is 0 Å². The molecule has 3 aromatic carbocycles. The molecule has 1 amide bonds. The highest BCUT2D eigenvalue weighted by Gasteiger charge is 2.24. The van der Waals surface area contributed by atoms with E-state index in [1.54, 1.807) is 13.1 Å². The summed E-state index contributed by atoms with van der Waals surface area (Å²) in [6.07, 6.45) is 0.662. The van der Waals surface area contributed by atoms with Gasteiger partial charge >= 0.3 is 5.97 Å². The number of aromatic amines is 1. The third-order valence-electron chi connectivity index (χ3n) is 5.01. The summed E-state index contributed by atoms with van der Waals surface area (Å²) in [5, 5.41) is 3.78. The zero-order valence-corrected chi connectivity index (χ0v) is 16.5. The van der Waals surface area contributed by atoms with Crippen molar-refractivity contribution in [2.45, 2.75) is 19.1 Å². The van der Waals surface area contributed by atoms with Crippen LogP contribution in [0.5, 0.6) is 0 Å². The lowest BCUT2D eigenvalue weighted by molar-refractivity contribution is -0.129. The van der Waals surface area contributed by atoms with Crippen LogP contribution < -0.4 is 5.32 Å². The van der Waals surface area contributed by atoms with E-state index in [9.17, 15) is 9.59 Å². The van der Waals surface area contributed by atoms with Gasteiger partial charge in [0.1, 0.15) is 0 Å². The van der Waals surface area contributed by atoms with Gasteiger partial charge in [0.25, 0.3) is 5.91 Å². The van der Waals surface area contributed by atoms with Crippen LogP contribution in [0.15, 0.2) is 91.1 Å². The van der Waals surface area contributed by atoms with Crippen molar-refractivity contribution < 1.29 is 14.3 Å². The number of hydrogen-bond acceptors (Lipinski definition) is 3. The second-order valence-corrected chi connectivity index (χ2v) is 7.06. The van der Waals surface area contributed by atoms with Crippen LogP contribution in [0.25, 0.3) is 10.9 Å². The molecule has 0 saturated carbocycles. The van der Waals surface area contributed by atoms with Gasteiger partial charge in [0, 0.05) is 17.1 Å². The molecule has 0 fully saturated rings. The summed E-state index contributed by atoms with van der Waals surface area (Å²) < 4.78 is 5.47. The van der Waals surface area contributed by atoms with E-state index in [4.69, 9.17) is 4.74 Å². The number of ether oxygens (including phenoxy) is 1. The number of esters is 1. The first-order valence-electron chi connectivity index (χ1n) is 9.81. The fourth-order valence-corrected chi connectivity index (χ4v) is 3.43. The van der Waals surface area contributed by atoms with Crippen LogP contribution in [0.2, 0.25) is 0 Å². The standard InChI is InChI=1S/C25H22N2O3/c1-17(30-25(29)21-16-26-22-15-9-8-14-20(21)22)24(28)27-23(18-10-4-2-5-11-18)19-12-6-3-7-13-19/h2-17,23,26H,1H3,(H,27,28)/t17-/m0/s1. The molecule has 1 aromatic heterocycles. The predicted molar refractivity (Wildman–Crippen MR) is 116 cm³/mol. The number of aromatic nitrogens is 1. The first-order valence-corrected chi connectivity index (χ1v) is 9.81. The fraction of sp³-hybridized carbons (Fsp3) is 0.120. The first kappa shape index (κ1) is 19.5. The number of rotatable bonds is 6. The van der Waals surface area contributed by atoms with Crippen molar-refractivity contribution in [1.82, 2.24) is 10.3 Å². The Balaban J connectivity index is 1.50. The summed E-state index contributed by atoms with van der Waals surface area (Å²) in [6.45, 7) is 1.58. The number of nitrogens with one attached hydrogen (secondary N) is 2. The molecule has 0 unspecified atom stereocenters. The Labute approximate surface area is 174 Å². The number of H-pyrrole nitrogens is 1. The monoisotopic (exact) mass is 398 g/mol. The Hall–Kier alpha value is -3.86. The molecule has 5 heteroatoms. The zero-order valence-electron chi connectivity index (χ0n) is 16.5. The Morgan fingerprint density at radius 1 is 0.833 bits per heavy atom. The van der Waals surface area contributed by atoms with Crippen LogP contribution in [0.4, 0.5) is 0 Å². The van der Waals surface area contributed by atoms with Crippen LogP contribution in [0.1, 0.15) is 34.5 Å². The molecule has 5 nitrogen and oxygen atoms in total. The summed E-state index contributed by atoms with van der Waals surface area (Å²) >= 11 is 0. The summed E-state index contributed by atoms with van der Waals surface area (Å²) in [5.74, 6) is -0.896. The van der Waals surface area contributed by atoms with E-state index in [2.05, 4.69) is 10.3 Å². The molecule has 0 saturated heterocycles. The van der Waals surface area contributed by atoms with E-state index < -0.39 is 12.1 Å². The van der Waals surface area contributed by atoms with Crippen molar-refractivity contribution in [3.8, 4) is 0 Å². The summed E-state index contributed by atoms with van der Waals surface area (Å²) in [6, 6.07) is 26.5. The van der Waals surface area contributed by atoms with Crippen LogP contribution in [-0.2, 0) is 9.53 Å². The SMILES string of the molecule is C[C@H](OC(=O)c1c[nH]c2ccccc12)C(=O)NC(c1ccccc1)c1ccccc1. The lowest BCUT2D eigenvalue weighted by Gasteiger charge is -2.22. The Bertz CT molecular complexity index is 1110. The van der Waals surface area contributed by atoms with E-state index in [1.165, 1.54) is 0 Å². The smallest absolute Gasteiger partial charge is 0.341 e. The number of hydrogen-bond donors (Lipinski definition) is 2. The maximum atomic E-state index is 12.9. The van der Waals surface area contributed by atoms with E-state index in [1.807, 2.05) is 84.9 Å². The molecule has 0 bridgehead atoms. The Kier molecular flexibility index (Phi) is 5.61. The molecular formula is C25H22N2O3. The summed E-state index contributed by atoms with van der Waals surface area (Å²) in [7, 11) is 0. The molecule has 4 aromatic rings. The van der Waals surface area contributed by atoms with Gasteiger partial charge in [-0.05, 0) is 24.1 Å². The predicted octanol–water partition coefficient (Wildman–Crippen LogP) is 4.62. The maximum absolute atomic E-state index is 12.9. The Morgan fingerprint density at radius 3 is 2.03 bits per heavy atom. The maximum Gasteiger partial charge on any atom is 0.341 e. The molecule has 2 N–H and O–H groups in total. The second-order valence-electron chi connectivity index (χ2n) is 7.06. The van der Waals surface area contributed by atoms with Gasteiger partial charge in [-0.2, -0.15) is 0 Å². The zero-order chi connectivity index (χ0) is 20.9. The van der Waals surface area contributed by atoms with Gasteiger partial charge < -0.3 is 15.0 Å². The lowest BCUT2D eigenvalue weighted by atomic mass is 9.98. The van der Waals surface area contributed by atoms with Crippen LogP contribution >= 0.6 is 0 Å². The third kappa shape index (κ3) is 4.10. The van der Waals surface area contributed by atoms with Gasteiger partial charge in [0.05, 0.1) is 11.6 Å². The topological polar surface area (TPSA) is 71.2 Å². The second kappa shape index (κ2) is 8.66. The van der Waals surface area contributed by atoms with Gasteiger partial charge in [-0.3, -0.25) is 4.79 Å². The highest BCUT2D eigenvalue weighted by molar-refractivity contribution is 6.04. The minimum Gasteiger partial charge on any atom is -0.449 e. The summed E-state index contributed by atoms with van der Waals surface area (Å²) in [5.41, 5.74) is 3.15. The highest BCUT2D eigenvalue weighted by atomic mass is 16.5. The van der Waals surface area contributed by atoms with Gasteiger partial charge in [-0.1, -0.05) is 78.9 Å². The molecule has 150 valence electrons. The molecule has 0 radical (unpaired) electrons. The van der Waals surface area contributed by atoms with Crippen molar-refractivity contribution in [3.63, 3.8) is 0 Å². The van der Waals surface area contributed by atoms with Gasteiger partial charge in [-0.15, -0.1) is 0 Å². The van der Waals surface area contributed by atoms with Crippen molar-refractivity contribution in [2.75, 3.05) is 0 Å². The Morgan fingerprint density at radius 2 is 1.40 bits per heavy atom. The average molecular weight is 398 g/mol. The molecule has 0 spiro atoms. The molecule has 1 heterocycles. The minimum absolute atomic E-state index is 0.339. The van der Waals surface area contributed by atoms with Crippen molar-refractivity contribution in [2.24, 2.45) is 0 Å². The largest absolute Gasteiger partial charge is 0.449 e. The third-order valence-corrected chi connectivity index (χ3v) is 5.01. The average Bonchev–Trinajstić information content (AvgIpc) is 3.23. The van der Waals surface area contributed by atoms with E-state index in [0.29, 0.717) is 5.56 Å². The van der Waals surface area contributed by atoms with Gasteiger partial charge in [0.15, 0.2) is 6.10 Å². The van der Waals surface area contributed by atoms with E-state index in [-0.39, 0.29) is 11.9 Å². The van der Waals surface area contributed by atoms with Crippen LogP contribution in [0.3, 0.4) is 0 Å². The lowest BCUT2D eigenvalue weighted by Crippen LogP contribution is -2.38. The number of carbonyl (C=O) groups is 2. The molecule has 0 aliphatic heterocycles. The molecule has 0 aliphatic carbocycles. The molecule has 0 aliphatic rings. The quantitative estimate of drug-likeness (QED) is 0.466. The van der Waals surface area contributed by atoms with Crippen molar-refractivity contribution in [3.05, 3.63) is 108 Å². The first-order chi connectivity index (χ1) is 14.6. The summed E-state index contributed by atoms with van der Waals surface area (Å²) in [4.78, 5) is 28.6. The normalized spacial score (nSPS) is 11.9. The van der Waals surface area contributed by atoms with Crippen LogP contribution in [0, 0.1) is 0 Å². The number of carbonyl (C=O) groups excluding carboxylic acids is 2. The highest BCUT2D eigenvalue weighted by Crippen LogP contribution is 2.23. The van der Waals surface area contributed by atoms with Crippen LogP contribution in [-0.4, -0.2) is 23.0 Å². The molecule has 4 rings (SSSR count). The fourth-order valence-electron chi connectivity index (χ4n) is 3.43. The molecule has 1 atom stereocenters. The van der Waals surface area contributed by atoms with E-state index in [0.717, 1.165) is 22.0 Å². The number of benzene rings is 3. The minimum atomic E-state index is -0.943. The molecule has 30 heavy (non-hydrogen) atoms.